The summed E-state index contributed by atoms with van der Waals surface area (Å²) < 4.78 is 5.03. The summed E-state index contributed by atoms with van der Waals surface area (Å²) in [6.45, 7) is 49.2. The lowest BCUT2D eigenvalue weighted by Gasteiger charge is -2.46. The molecular formula is C106H107BN4. The third-order valence-electron chi connectivity index (χ3n) is 24.2. The van der Waals surface area contributed by atoms with Crippen LogP contribution in [0.25, 0.3) is 99.5 Å². The first kappa shape index (κ1) is 73.0. The Labute approximate surface area is 660 Å². The Kier molecular flexibility index (Phi) is 17.0. The molecule has 111 heavy (non-hydrogen) atoms. The number of anilines is 6. The molecule has 4 nitrogen and oxygen atoms in total. The second-order valence-corrected chi connectivity index (χ2v) is 39.2. The molecule has 17 rings (SSSR count). The molecule has 13 aromatic carbocycles. The van der Waals surface area contributed by atoms with E-state index in [1.165, 1.54) is 144 Å². The van der Waals surface area contributed by atoms with Gasteiger partial charge in [-0.1, -0.05) is 340 Å². The maximum atomic E-state index is 2.73. The average Bonchev–Trinajstić information content (AvgIpc) is 1.37. The van der Waals surface area contributed by atoms with Crippen LogP contribution in [-0.4, -0.2) is 15.8 Å². The van der Waals surface area contributed by atoms with Crippen molar-refractivity contribution in [1.82, 2.24) is 9.13 Å². The van der Waals surface area contributed by atoms with Gasteiger partial charge in [0.2, 0.25) is 0 Å². The van der Waals surface area contributed by atoms with Crippen LogP contribution in [0.15, 0.2) is 267 Å². The zero-order chi connectivity index (χ0) is 78.1. The Balaban J connectivity index is 1.04. The highest BCUT2D eigenvalue weighted by atomic mass is 15.2. The summed E-state index contributed by atoms with van der Waals surface area (Å²) in [4.78, 5) is 5.46. The number of para-hydroxylation sites is 4. The van der Waals surface area contributed by atoms with E-state index in [0.29, 0.717) is 0 Å². The molecule has 0 unspecified atom stereocenters. The van der Waals surface area contributed by atoms with E-state index in [2.05, 4.69) is 431 Å². The summed E-state index contributed by atoms with van der Waals surface area (Å²) in [5, 5.41) is 4.94. The lowest BCUT2D eigenvalue weighted by molar-refractivity contribution is 0.568. The maximum absolute atomic E-state index is 2.73. The quantitative estimate of drug-likeness (QED) is 0.141. The van der Waals surface area contributed by atoms with Crippen molar-refractivity contribution in [1.29, 1.82) is 0 Å². The van der Waals surface area contributed by atoms with Crippen LogP contribution in [0, 0.1) is 0 Å². The van der Waals surface area contributed by atoms with Crippen LogP contribution in [-0.2, 0) is 37.9 Å². The molecule has 15 aromatic rings. The van der Waals surface area contributed by atoms with Crippen LogP contribution in [0.5, 0.6) is 0 Å². The Morgan fingerprint density at radius 1 is 0.207 bits per heavy atom. The molecule has 4 heterocycles. The van der Waals surface area contributed by atoms with Gasteiger partial charge >= 0.3 is 0 Å². The van der Waals surface area contributed by atoms with Crippen LogP contribution in [0.2, 0.25) is 0 Å². The molecule has 554 valence electrons. The van der Waals surface area contributed by atoms with Crippen molar-refractivity contribution in [3.63, 3.8) is 0 Å². The minimum atomic E-state index is -0.330. The summed E-state index contributed by atoms with van der Waals surface area (Å²) in [7, 11) is 0. The molecule has 2 aliphatic heterocycles. The average molecular weight is 1450 g/mol. The van der Waals surface area contributed by atoms with Crippen molar-refractivity contribution in [3.8, 4) is 55.9 Å². The Morgan fingerprint density at radius 2 is 0.486 bits per heavy atom. The lowest BCUT2D eigenvalue weighted by Crippen LogP contribution is -2.61. The summed E-state index contributed by atoms with van der Waals surface area (Å²) in [6, 6.07) is 105. The molecule has 5 heteroatoms. The highest BCUT2D eigenvalue weighted by Crippen LogP contribution is 2.53. The van der Waals surface area contributed by atoms with E-state index in [1.807, 2.05) is 0 Å². The van der Waals surface area contributed by atoms with Gasteiger partial charge < -0.3 is 18.9 Å². The highest BCUT2D eigenvalue weighted by molar-refractivity contribution is 7.00. The van der Waals surface area contributed by atoms with Gasteiger partial charge in [-0.25, -0.2) is 0 Å². The molecule has 0 fully saturated rings. The first-order valence-electron chi connectivity index (χ1n) is 40.3. The predicted octanol–water partition coefficient (Wildman–Crippen LogP) is 27.7. The maximum Gasteiger partial charge on any atom is 0.252 e. The molecule has 0 bridgehead atoms. The van der Waals surface area contributed by atoms with Gasteiger partial charge in [0.15, 0.2) is 0 Å². The molecule has 0 aliphatic carbocycles. The fourth-order valence-corrected chi connectivity index (χ4v) is 17.5. The van der Waals surface area contributed by atoms with Gasteiger partial charge in [-0.05, 0) is 199 Å². The van der Waals surface area contributed by atoms with Crippen molar-refractivity contribution in [2.45, 2.75) is 183 Å². The third-order valence-corrected chi connectivity index (χ3v) is 24.2. The predicted molar refractivity (Wildman–Crippen MR) is 482 cm³/mol. The molecule has 2 aromatic heterocycles. The van der Waals surface area contributed by atoms with Gasteiger partial charge in [0.25, 0.3) is 6.71 Å². The van der Waals surface area contributed by atoms with E-state index in [1.54, 1.807) is 0 Å². The van der Waals surface area contributed by atoms with Gasteiger partial charge in [-0.3, -0.25) is 0 Å². The minimum Gasteiger partial charge on any atom is -0.311 e. The number of fused-ring (bicyclic) bond motifs is 10. The van der Waals surface area contributed by atoms with Crippen LogP contribution in [0.3, 0.4) is 0 Å². The van der Waals surface area contributed by atoms with E-state index in [-0.39, 0.29) is 44.6 Å². The van der Waals surface area contributed by atoms with E-state index in [9.17, 15) is 0 Å². The van der Waals surface area contributed by atoms with Crippen LogP contribution in [0.4, 0.5) is 34.1 Å². The standard InChI is InChI=1S/C106H107BN4/c1-100(2,3)72-44-38-66(39-45-72)81-50-42-68(70-54-74(102(7,8)9)60-75(55-70)103(10,11)12)58-93(81)110-95-64-79(108-89-34-26-22-30-83(89)84-31-23-27-35-90(84)108)48-52-87(95)107-88-53-49-80(109-91-36-28-24-32-85(91)86-33-25-29-37-92(86)109)65-96(88)111(98-63-78(106(19,20)21)62-97(110)99(98)107)94-59-69(43-51-82(94)67-40-46-73(47-41-67)101(4,5)6)71-56-76(104(13,14)15)61-77(57-71)105(16,17)18/h22-65H,1-21H3. The second kappa shape index (κ2) is 25.9. The Bertz CT molecular complexity index is 5700. The number of hydrogen-bond acceptors (Lipinski definition) is 2. The zero-order valence-corrected chi connectivity index (χ0v) is 69.3. The summed E-state index contributed by atoms with van der Waals surface area (Å²) in [6.07, 6.45) is 0. The number of benzene rings is 13. The fraction of sp³-hybridized carbons (Fsp3) is 0.264. The second-order valence-electron chi connectivity index (χ2n) is 39.2. The largest absolute Gasteiger partial charge is 0.311 e. The minimum absolute atomic E-state index is 0.0436. The first-order valence-corrected chi connectivity index (χ1v) is 40.3. The van der Waals surface area contributed by atoms with E-state index in [0.717, 1.165) is 45.3 Å². The number of aromatic nitrogens is 2. The Hall–Kier alpha value is -10.9. The van der Waals surface area contributed by atoms with Gasteiger partial charge in [-0.2, -0.15) is 0 Å². The molecule has 2 aliphatic rings. The SMILES string of the molecule is CC(C)(C)c1ccc(-c2ccc(-c3cc(C(C)(C)C)cc(C(C)(C)C)c3)cc2N2c3cc(-n4c5ccccc5c5ccccc54)ccc3B3c4ccc(-n5c6ccccc6c6ccccc65)cc4N(c4cc(-c5cc(C(C)(C)C)cc(C(C)(C)C)c5)ccc4-c4ccc(C(C)(C)C)cc4)c4cc(C(C)(C)C)cc2c43)cc1. The lowest BCUT2D eigenvalue weighted by atomic mass is 9.33. The van der Waals surface area contributed by atoms with Crippen molar-refractivity contribution in [2.24, 2.45) is 0 Å². The van der Waals surface area contributed by atoms with Crippen molar-refractivity contribution in [2.75, 3.05) is 9.80 Å². The van der Waals surface area contributed by atoms with Crippen molar-refractivity contribution in [3.05, 3.63) is 306 Å². The summed E-state index contributed by atoms with van der Waals surface area (Å²) in [5.74, 6) is 0. The Morgan fingerprint density at radius 3 is 0.784 bits per heavy atom. The van der Waals surface area contributed by atoms with Gasteiger partial charge in [0, 0.05) is 66.8 Å². The molecular weight excluding hydrogens is 1340 g/mol. The number of nitrogens with zero attached hydrogens (tertiary/aromatic N) is 4. The van der Waals surface area contributed by atoms with Gasteiger partial charge in [-0.15, -0.1) is 0 Å². The van der Waals surface area contributed by atoms with Crippen molar-refractivity contribution >= 4 is 101 Å². The summed E-state index contributed by atoms with van der Waals surface area (Å²) >= 11 is 0. The fourth-order valence-electron chi connectivity index (χ4n) is 17.5. The van der Waals surface area contributed by atoms with Crippen LogP contribution >= 0.6 is 0 Å². The third kappa shape index (κ3) is 12.7. The topological polar surface area (TPSA) is 16.3 Å². The smallest absolute Gasteiger partial charge is 0.252 e. The van der Waals surface area contributed by atoms with E-state index >= 15 is 0 Å². The molecule has 0 N–H and O–H groups in total. The molecule has 0 atom stereocenters. The molecule has 0 radical (unpaired) electrons. The van der Waals surface area contributed by atoms with Gasteiger partial charge in [0.05, 0.1) is 33.4 Å². The van der Waals surface area contributed by atoms with Gasteiger partial charge in [0.1, 0.15) is 0 Å². The van der Waals surface area contributed by atoms with E-state index < -0.39 is 0 Å². The normalized spacial score (nSPS) is 13.6. The number of rotatable bonds is 8. The monoisotopic (exact) mass is 1450 g/mol. The molecule has 0 amide bonds. The van der Waals surface area contributed by atoms with Crippen molar-refractivity contribution < 1.29 is 0 Å². The number of hydrogen-bond donors (Lipinski definition) is 0. The molecule has 0 saturated heterocycles. The van der Waals surface area contributed by atoms with E-state index in [4.69, 9.17) is 0 Å². The highest BCUT2D eigenvalue weighted by Gasteiger charge is 2.46. The first-order chi connectivity index (χ1) is 52.4. The molecule has 0 saturated carbocycles. The molecule has 0 spiro atoms. The van der Waals surface area contributed by atoms with Crippen LogP contribution < -0.4 is 26.2 Å². The zero-order valence-electron chi connectivity index (χ0n) is 69.3. The van der Waals surface area contributed by atoms with Crippen LogP contribution in [0.1, 0.15) is 184 Å². The summed E-state index contributed by atoms with van der Waals surface area (Å²) in [5.41, 5.74) is 35.3.